The highest BCUT2D eigenvalue weighted by molar-refractivity contribution is 5.99. The minimum Gasteiger partial charge on any atom is -0.451 e. The summed E-state index contributed by atoms with van der Waals surface area (Å²) in [5, 5.41) is 5.05. The van der Waals surface area contributed by atoms with Crippen LogP contribution in [0.5, 0.6) is 0 Å². The number of carbonyl (C=O) groups excluding carboxylic acids is 1. The van der Waals surface area contributed by atoms with Gasteiger partial charge in [0.05, 0.1) is 6.21 Å². The molecular formula is C27H26N4O2. The molecule has 1 saturated heterocycles. The molecule has 0 aliphatic carbocycles. The molecule has 1 aromatic heterocycles. The van der Waals surface area contributed by atoms with Crippen molar-refractivity contribution in [3.8, 4) is 0 Å². The lowest BCUT2D eigenvalue weighted by Crippen LogP contribution is -2.46. The number of fused-ring (bicyclic) bond motifs is 1. The van der Waals surface area contributed by atoms with Crippen molar-refractivity contribution in [2.75, 3.05) is 36.0 Å². The van der Waals surface area contributed by atoms with Crippen LogP contribution in [0.3, 0.4) is 0 Å². The molecule has 166 valence electrons. The molecule has 6 nitrogen and oxygen atoms in total. The summed E-state index contributed by atoms with van der Waals surface area (Å²) in [6.07, 6.45) is 1.65. The first-order chi connectivity index (χ1) is 16.2. The Balaban J connectivity index is 1.17. The zero-order chi connectivity index (χ0) is 22.6. The second kappa shape index (κ2) is 9.20. The molecule has 1 N–H and O–H groups in total. The Kier molecular flexibility index (Phi) is 5.81. The highest BCUT2D eigenvalue weighted by atomic mass is 16.3. The Morgan fingerprint density at radius 2 is 1.45 bits per heavy atom. The van der Waals surface area contributed by atoms with Crippen molar-refractivity contribution in [2.45, 2.75) is 6.92 Å². The van der Waals surface area contributed by atoms with E-state index >= 15 is 0 Å². The van der Waals surface area contributed by atoms with E-state index in [1.165, 1.54) is 11.4 Å². The fourth-order valence-corrected chi connectivity index (χ4v) is 4.24. The molecule has 1 aliphatic heterocycles. The Bertz CT molecular complexity index is 1270. The number of rotatable bonds is 5. The molecule has 33 heavy (non-hydrogen) atoms. The van der Waals surface area contributed by atoms with Gasteiger partial charge in [0, 0.05) is 48.5 Å². The molecule has 5 rings (SSSR count). The van der Waals surface area contributed by atoms with E-state index in [1.807, 2.05) is 43.3 Å². The van der Waals surface area contributed by atoms with E-state index < -0.39 is 0 Å². The van der Waals surface area contributed by atoms with Crippen molar-refractivity contribution in [2.24, 2.45) is 5.10 Å². The van der Waals surface area contributed by atoms with Crippen LogP contribution < -0.4 is 15.2 Å². The average molecular weight is 439 g/mol. The lowest BCUT2D eigenvalue weighted by Gasteiger charge is -2.37. The Morgan fingerprint density at radius 3 is 2.12 bits per heavy atom. The van der Waals surface area contributed by atoms with Crippen molar-refractivity contribution < 1.29 is 9.21 Å². The van der Waals surface area contributed by atoms with Gasteiger partial charge in [0.15, 0.2) is 5.76 Å². The van der Waals surface area contributed by atoms with Gasteiger partial charge in [-0.2, -0.15) is 5.10 Å². The van der Waals surface area contributed by atoms with Crippen molar-refractivity contribution in [1.29, 1.82) is 0 Å². The first kappa shape index (κ1) is 20.8. The van der Waals surface area contributed by atoms with Gasteiger partial charge in [0.1, 0.15) is 5.58 Å². The van der Waals surface area contributed by atoms with Gasteiger partial charge in [-0.3, -0.25) is 4.79 Å². The third-order valence-corrected chi connectivity index (χ3v) is 6.09. The number of para-hydroxylation sites is 2. The molecule has 1 fully saturated rings. The molecule has 0 unspecified atom stereocenters. The first-order valence-corrected chi connectivity index (χ1v) is 11.2. The maximum Gasteiger partial charge on any atom is 0.307 e. The van der Waals surface area contributed by atoms with E-state index in [0.29, 0.717) is 11.3 Å². The maximum atomic E-state index is 12.5. The Labute approximate surface area is 193 Å². The average Bonchev–Trinajstić information content (AvgIpc) is 3.22. The zero-order valence-electron chi connectivity index (χ0n) is 18.6. The molecule has 2 heterocycles. The standard InChI is InChI=1S/C27H26N4O2/c1-20-24-9-5-6-10-25(24)33-26(20)27(32)29-28-19-21-11-13-23(14-12-21)31-17-15-30(16-18-31)22-7-3-2-4-8-22/h2-14,19H,15-18H2,1H3,(H,29,32)/b28-19+. The highest BCUT2D eigenvalue weighted by Crippen LogP contribution is 2.25. The summed E-state index contributed by atoms with van der Waals surface area (Å²) < 4.78 is 5.69. The molecule has 0 atom stereocenters. The first-order valence-electron chi connectivity index (χ1n) is 11.2. The predicted molar refractivity (Wildman–Crippen MR) is 133 cm³/mol. The summed E-state index contributed by atoms with van der Waals surface area (Å²) in [7, 11) is 0. The fourth-order valence-electron chi connectivity index (χ4n) is 4.24. The molecule has 0 bridgehead atoms. The summed E-state index contributed by atoms with van der Waals surface area (Å²) in [5.74, 6) is -0.0637. The minimum atomic E-state index is -0.354. The van der Waals surface area contributed by atoms with Gasteiger partial charge in [0.2, 0.25) is 0 Å². The van der Waals surface area contributed by atoms with Crippen LogP contribution >= 0.6 is 0 Å². The van der Waals surface area contributed by atoms with Gasteiger partial charge >= 0.3 is 5.91 Å². The van der Waals surface area contributed by atoms with E-state index in [2.05, 4.69) is 62.8 Å². The third kappa shape index (κ3) is 4.46. The van der Waals surface area contributed by atoms with Crippen LogP contribution in [-0.4, -0.2) is 38.3 Å². The number of hydrazone groups is 1. The monoisotopic (exact) mass is 438 g/mol. The van der Waals surface area contributed by atoms with E-state index in [4.69, 9.17) is 4.42 Å². The number of furan rings is 1. The van der Waals surface area contributed by atoms with Crippen molar-refractivity contribution in [3.05, 3.63) is 95.7 Å². The van der Waals surface area contributed by atoms with E-state index in [0.717, 1.165) is 42.7 Å². The lowest BCUT2D eigenvalue weighted by molar-refractivity contribution is 0.0929. The summed E-state index contributed by atoms with van der Waals surface area (Å²) in [4.78, 5) is 17.3. The number of aryl methyl sites for hydroxylation is 1. The van der Waals surface area contributed by atoms with E-state index in [1.54, 1.807) is 6.21 Å². The number of hydrogen-bond donors (Lipinski definition) is 1. The minimum absolute atomic E-state index is 0.290. The molecule has 1 amide bonds. The Hall–Kier alpha value is -4.06. The summed E-state index contributed by atoms with van der Waals surface area (Å²) in [6.45, 7) is 5.84. The topological polar surface area (TPSA) is 61.1 Å². The number of nitrogens with zero attached hydrogens (tertiary/aromatic N) is 3. The molecule has 0 spiro atoms. The highest BCUT2D eigenvalue weighted by Gasteiger charge is 2.18. The molecule has 0 saturated carbocycles. The number of amides is 1. The van der Waals surface area contributed by atoms with Crippen LogP contribution in [0.15, 0.2) is 88.4 Å². The van der Waals surface area contributed by atoms with Gasteiger partial charge in [-0.15, -0.1) is 0 Å². The fraction of sp³-hybridized carbons (Fsp3) is 0.185. The van der Waals surface area contributed by atoms with E-state index in [9.17, 15) is 4.79 Å². The third-order valence-electron chi connectivity index (χ3n) is 6.09. The van der Waals surface area contributed by atoms with Crippen LogP contribution in [-0.2, 0) is 0 Å². The van der Waals surface area contributed by atoms with E-state index in [-0.39, 0.29) is 5.91 Å². The molecule has 4 aromatic rings. The lowest BCUT2D eigenvalue weighted by atomic mass is 10.1. The second-order valence-electron chi connectivity index (χ2n) is 8.15. The number of nitrogens with one attached hydrogen (secondary N) is 1. The number of carbonyl (C=O) groups is 1. The van der Waals surface area contributed by atoms with Crippen LogP contribution in [0, 0.1) is 6.92 Å². The Morgan fingerprint density at radius 1 is 0.848 bits per heavy atom. The quantitative estimate of drug-likeness (QED) is 0.358. The van der Waals surface area contributed by atoms with Gasteiger partial charge in [-0.25, -0.2) is 5.43 Å². The molecule has 6 heteroatoms. The summed E-state index contributed by atoms with van der Waals surface area (Å²) in [6, 6.07) is 26.4. The predicted octanol–water partition coefficient (Wildman–Crippen LogP) is 4.83. The summed E-state index contributed by atoms with van der Waals surface area (Å²) >= 11 is 0. The molecule has 1 aliphatic rings. The number of benzene rings is 3. The largest absolute Gasteiger partial charge is 0.451 e. The molecule has 3 aromatic carbocycles. The van der Waals surface area contributed by atoms with Gasteiger partial charge in [-0.05, 0) is 42.8 Å². The van der Waals surface area contributed by atoms with Crippen LogP contribution in [0.4, 0.5) is 11.4 Å². The van der Waals surface area contributed by atoms with Crippen LogP contribution in [0.2, 0.25) is 0 Å². The number of anilines is 2. The zero-order valence-corrected chi connectivity index (χ0v) is 18.6. The molecular weight excluding hydrogens is 412 g/mol. The van der Waals surface area contributed by atoms with Crippen LogP contribution in [0.25, 0.3) is 11.0 Å². The number of piperazine rings is 1. The molecule has 0 radical (unpaired) electrons. The second-order valence-corrected chi connectivity index (χ2v) is 8.15. The van der Waals surface area contributed by atoms with Gasteiger partial charge in [0.25, 0.3) is 0 Å². The normalized spacial score (nSPS) is 14.2. The van der Waals surface area contributed by atoms with Gasteiger partial charge < -0.3 is 14.2 Å². The maximum absolute atomic E-state index is 12.5. The van der Waals surface area contributed by atoms with Crippen LogP contribution in [0.1, 0.15) is 21.7 Å². The van der Waals surface area contributed by atoms with Crippen molar-refractivity contribution in [3.63, 3.8) is 0 Å². The SMILES string of the molecule is Cc1c(C(=O)N/N=C/c2ccc(N3CCN(c4ccccc4)CC3)cc2)oc2ccccc12. The van der Waals surface area contributed by atoms with Crippen molar-refractivity contribution in [1.82, 2.24) is 5.43 Å². The summed E-state index contributed by atoms with van der Waals surface area (Å²) in [5.41, 5.74) is 7.48. The van der Waals surface area contributed by atoms with Crippen molar-refractivity contribution >= 4 is 34.5 Å². The van der Waals surface area contributed by atoms with Gasteiger partial charge in [-0.1, -0.05) is 48.5 Å². The number of hydrogen-bond acceptors (Lipinski definition) is 5. The smallest absolute Gasteiger partial charge is 0.307 e.